The second-order valence-corrected chi connectivity index (χ2v) is 7.29. The van der Waals surface area contributed by atoms with Gasteiger partial charge in [0.15, 0.2) is 0 Å². The highest BCUT2D eigenvalue weighted by atomic mass is 19.1. The fraction of sp³-hybridized carbons (Fsp3) is 0.333. The van der Waals surface area contributed by atoms with Crippen LogP contribution in [0.3, 0.4) is 0 Å². The third-order valence-corrected chi connectivity index (χ3v) is 5.33. The van der Waals surface area contributed by atoms with Gasteiger partial charge >= 0.3 is 6.03 Å². The summed E-state index contributed by atoms with van der Waals surface area (Å²) in [5.41, 5.74) is 3.12. The number of rotatable bonds is 2. The molecular formula is C21H23FN4O2. The van der Waals surface area contributed by atoms with E-state index in [0.717, 1.165) is 11.3 Å². The number of urea groups is 1. The number of halogens is 1. The van der Waals surface area contributed by atoms with E-state index < -0.39 is 0 Å². The maximum absolute atomic E-state index is 14.0. The van der Waals surface area contributed by atoms with Crippen molar-refractivity contribution in [2.45, 2.75) is 25.8 Å². The number of aryl methyl sites for hydroxylation is 1. The first-order valence-corrected chi connectivity index (χ1v) is 9.51. The van der Waals surface area contributed by atoms with Gasteiger partial charge in [-0.3, -0.25) is 4.79 Å². The number of nitrogens with zero attached hydrogens (tertiary/aromatic N) is 2. The molecule has 0 saturated carbocycles. The molecule has 2 aromatic rings. The van der Waals surface area contributed by atoms with Crippen LogP contribution < -0.4 is 15.5 Å². The number of nitrogens with one attached hydrogen (secondary N) is 2. The number of fused-ring (bicyclic) bond motifs is 1. The summed E-state index contributed by atoms with van der Waals surface area (Å²) >= 11 is 0. The van der Waals surface area contributed by atoms with Gasteiger partial charge in [0.2, 0.25) is 5.91 Å². The minimum absolute atomic E-state index is 0.0193. The van der Waals surface area contributed by atoms with Gasteiger partial charge in [0.1, 0.15) is 5.82 Å². The quantitative estimate of drug-likeness (QED) is 0.836. The molecule has 4 rings (SSSR count). The number of hydrogen-bond donors (Lipinski definition) is 2. The Morgan fingerprint density at radius 2 is 2.00 bits per heavy atom. The number of amides is 3. The molecule has 2 N–H and O–H groups in total. The molecule has 28 heavy (non-hydrogen) atoms. The average molecular weight is 382 g/mol. The number of anilines is 3. The monoisotopic (exact) mass is 382 g/mol. The van der Waals surface area contributed by atoms with Crippen LogP contribution in [0.25, 0.3) is 0 Å². The summed E-state index contributed by atoms with van der Waals surface area (Å²) < 4.78 is 14.0. The lowest BCUT2D eigenvalue weighted by Crippen LogP contribution is -2.55. The smallest absolute Gasteiger partial charge is 0.322 e. The van der Waals surface area contributed by atoms with Gasteiger partial charge in [-0.05, 0) is 49.2 Å². The Morgan fingerprint density at radius 1 is 1.18 bits per heavy atom. The van der Waals surface area contributed by atoms with E-state index in [0.29, 0.717) is 43.9 Å². The zero-order valence-electron chi connectivity index (χ0n) is 15.7. The molecule has 0 radical (unpaired) electrons. The average Bonchev–Trinajstić information content (AvgIpc) is 2.68. The lowest BCUT2D eigenvalue weighted by Gasteiger charge is -2.41. The van der Waals surface area contributed by atoms with E-state index >= 15 is 0 Å². The Morgan fingerprint density at radius 3 is 2.79 bits per heavy atom. The number of carbonyl (C=O) groups excluding carboxylic acids is 2. The van der Waals surface area contributed by atoms with Crippen LogP contribution in [0.5, 0.6) is 0 Å². The summed E-state index contributed by atoms with van der Waals surface area (Å²) in [6.07, 6.45) is 1.13. The fourth-order valence-corrected chi connectivity index (χ4v) is 3.84. The number of piperazine rings is 1. The Bertz CT molecular complexity index is 917. The molecule has 0 bridgehead atoms. The fourth-order valence-electron chi connectivity index (χ4n) is 3.84. The predicted octanol–water partition coefficient (Wildman–Crippen LogP) is 3.45. The van der Waals surface area contributed by atoms with Crippen LogP contribution in [0.4, 0.5) is 26.2 Å². The van der Waals surface area contributed by atoms with Gasteiger partial charge in [-0.1, -0.05) is 12.1 Å². The summed E-state index contributed by atoms with van der Waals surface area (Å²) in [5, 5.41) is 5.79. The van der Waals surface area contributed by atoms with E-state index in [1.165, 1.54) is 6.07 Å². The van der Waals surface area contributed by atoms with E-state index in [1.54, 1.807) is 23.1 Å². The lowest BCUT2D eigenvalue weighted by atomic mass is 10.0. The summed E-state index contributed by atoms with van der Waals surface area (Å²) in [6, 6.07) is 12.0. The largest absolute Gasteiger partial charge is 0.365 e. The van der Waals surface area contributed by atoms with Crippen molar-refractivity contribution in [3.63, 3.8) is 0 Å². The highest BCUT2D eigenvalue weighted by Gasteiger charge is 2.28. The second-order valence-electron chi connectivity index (χ2n) is 7.29. The molecule has 0 aliphatic carbocycles. The van der Waals surface area contributed by atoms with Crippen LogP contribution in [-0.2, 0) is 11.2 Å². The van der Waals surface area contributed by atoms with Crippen LogP contribution in [0.15, 0.2) is 42.5 Å². The van der Waals surface area contributed by atoms with Crippen molar-refractivity contribution in [1.29, 1.82) is 0 Å². The van der Waals surface area contributed by atoms with Crippen LogP contribution >= 0.6 is 0 Å². The molecule has 2 aromatic carbocycles. The molecule has 2 aliphatic heterocycles. The molecule has 2 heterocycles. The SMILES string of the molecule is C[C@@H]1CN(c2ccccc2F)CCN1C(=O)Nc1ccc2c(c1)CCC(=O)N2. The molecule has 1 atom stereocenters. The zero-order valence-corrected chi connectivity index (χ0v) is 15.7. The third kappa shape index (κ3) is 3.65. The predicted molar refractivity (Wildman–Crippen MR) is 107 cm³/mol. The van der Waals surface area contributed by atoms with Gasteiger partial charge in [-0.25, -0.2) is 9.18 Å². The molecule has 146 valence electrons. The van der Waals surface area contributed by atoms with Crippen LogP contribution in [0.1, 0.15) is 18.9 Å². The minimum Gasteiger partial charge on any atom is -0.365 e. The molecule has 0 aromatic heterocycles. The van der Waals surface area contributed by atoms with Crippen molar-refractivity contribution in [3.05, 3.63) is 53.8 Å². The normalized spacial score (nSPS) is 19.1. The topological polar surface area (TPSA) is 64.7 Å². The molecule has 0 spiro atoms. The van der Waals surface area contributed by atoms with Crippen molar-refractivity contribution in [2.24, 2.45) is 0 Å². The van der Waals surface area contributed by atoms with Gasteiger partial charge in [0.25, 0.3) is 0 Å². The third-order valence-electron chi connectivity index (χ3n) is 5.33. The van der Waals surface area contributed by atoms with E-state index in [4.69, 9.17) is 0 Å². The van der Waals surface area contributed by atoms with E-state index in [-0.39, 0.29) is 23.8 Å². The standard InChI is InChI=1S/C21H23FN4O2/c1-14-13-25(19-5-3-2-4-17(19)22)10-11-26(14)21(28)23-16-7-8-18-15(12-16)6-9-20(27)24-18/h2-5,7-8,12,14H,6,9-11,13H2,1H3,(H,23,28)(H,24,27)/t14-/m1/s1. The van der Waals surface area contributed by atoms with Gasteiger partial charge in [0.05, 0.1) is 5.69 Å². The van der Waals surface area contributed by atoms with Gasteiger partial charge < -0.3 is 20.4 Å². The van der Waals surface area contributed by atoms with Gasteiger partial charge in [-0.2, -0.15) is 0 Å². The molecule has 1 fully saturated rings. The molecular weight excluding hydrogens is 359 g/mol. The number of hydrogen-bond acceptors (Lipinski definition) is 3. The van der Waals surface area contributed by atoms with E-state index in [2.05, 4.69) is 10.6 Å². The van der Waals surface area contributed by atoms with E-state index in [9.17, 15) is 14.0 Å². The van der Waals surface area contributed by atoms with Crippen molar-refractivity contribution >= 4 is 29.0 Å². The molecule has 2 aliphatic rings. The molecule has 3 amide bonds. The maximum atomic E-state index is 14.0. The van der Waals surface area contributed by atoms with Gasteiger partial charge in [-0.15, -0.1) is 0 Å². The Kier molecular flexibility index (Phi) is 4.90. The number of carbonyl (C=O) groups is 2. The molecule has 7 heteroatoms. The first-order chi connectivity index (χ1) is 13.5. The lowest BCUT2D eigenvalue weighted by molar-refractivity contribution is -0.116. The molecule has 6 nitrogen and oxygen atoms in total. The minimum atomic E-state index is -0.242. The number of benzene rings is 2. The highest BCUT2D eigenvalue weighted by molar-refractivity contribution is 5.95. The van der Waals surface area contributed by atoms with Crippen LogP contribution in [0, 0.1) is 5.82 Å². The zero-order chi connectivity index (χ0) is 19.7. The first kappa shape index (κ1) is 18.3. The summed E-state index contributed by atoms with van der Waals surface area (Å²) in [4.78, 5) is 28.0. The van der Waals surface area contributed by atoms with Crippen molar-refractivity contribution < 1.29 is 14.0 Å². The van der Waals surface area contributed by atoms with Crippen molar-refractivity contribution in [3.8, 4) is 0 Å². The van der Waals surface area contributed by atoms with Crippen LogP contribution in [0.2, 0.25) is 0 Å². The van der Waals surface area contributed by atoms with Crippen molar-refractivity contribution in [1.82, 2.24) is 4.90 Å². The Labute approximate surface area is 163 Å². The van der Waals surface area contributed by atoms with Gasteiger partial charge in [0, 0.05) is 43.5 Å². The summed E-state index contributed by atoms with van der Waals surface area (Å²) in [6.45, 7) is 3.64. The maximum Gasteiger partial charge on any atom is 0.322 e. The molecule has 0 unspecified atom stereocenters. The Hall–Kier alpha value is -3.09. The summed E-state index contributed by atoms with van der Waals surface area (Å²) in [5.74, 6) is -0.223. The van der Waals surface area contributed by atoms with Crippen molar-refractivity contribution in [2.75, 3.05) is 35.2 Å². The first-order valence-electron chi connectivity index (χ1n) is 9.51. The summed E-state index contributed by atoms with van der Waals surface area (Å²) in [7, 11) is 0. The molecule has 1 saturated heterocycles. The van der Waals surface area contributed by atoms with E-state index in [1.807, 2.05) is 30.0 Å². The Balaban J connectivity index is 1.41. The number of para-hydroxylation sites is 1. The highest BCUT2D eigenvalue weighted by Crippen LogP contribution is 2.27. The van der Waals surface area contributed by atoms with Crippen LogP contribution in [-0.4, -0.2) is 42.5 Å². The second kappa shape index (κ2) is 7.50.